The van der Waals surface area contributed by atoms with Gasteiger partial charge in [0.1, 0.15) is 0 Å². The van der Waals surface area contributed by atoms with Crippen molar-refractivity contribution in [1.82, 2.24) is 0 Å². The average Bonchev–Trinajstić information content (AvgIpc) is 2.78. The molecule has 0 radical (unpaired) electrons. The largest absolute Gasteiger partial charge is 0.785 e. The zero-order chi connectivity index (χ0) is 24.8. The van der Waals surface area contributed by atoms with Crippen molar-refractivity contribution in [3.63, 3.8) is 0 Å². The van der Waals surface area contributed by atoms with Crippen molar-refractivity contribution in [1.29, 1.82) is 0 Å². The van der Waals surface area contributed by atoms with Crippen LogP contribution in [0.5, 0.6) is 11.5 Å². The van der Waals surface area contributed by atoms with Gasteiger partial charge in [-0.3, -0.25) is 0 Å². The third-order valence-electron chi connectivity index (χ3n) is 4.05. The maximum Gasteiger partial charge on any atom is 0.785 e. The van der Waals surface area contributed by atoms with Crippen molar-refractivity contribution >= 4 is 7.32 Å². The predicted octanol–water partition coefficient (Wildman–Crippen LogP) is 5.32. The summed E-state index contributed by atoms with van der Waals surface area (Å²) in [4.78, 5) is 0. The fourth-order valence-electron chi connectivity index (χ4n) is 2.53. The van der Waals surface area contributed by atoms with Crippen LogP contribution >= 0.6 is 0 Å². The van der Waals surface area contributed by atoms with Crippen LogP contribution in [0.1, 0.15) is 0 Å². The number of hydrogen-bond acceptors (Lipinski definition) is 3. The second kappa shape index (κ2) is 8.81. The quantitative estimate of drug-likeness (QED) is 0.229. The summed E-state index contributed by atoms with van der Waals surface area (Å²) in [6.45, 7) is 0. The van der Waals surface area contributed by atoms with Crippen LogP contribution in [-0.2, 0) is 0 Å². The number of benzene rings is 3. The molecule has 3 aromatic carbocycles. The number of rotatable bonds is 5. The number of halogens is 11. The third-order valence-corrected chi connectivity index (χ3v) is 4.05. The Morgan fingerprint density at radius 1 is 0.485 bits per heavy atom. The highest BCUT2D eigenvalue weighted by Gasteiger charge is 2.34. The molecule has 0 unspecified atom stereocenters. The van der Waals surface area contributed by atoms with Crippen LogP contribution in [0.25, 0.3) is 11.1 Å². The van der Waals surface area contributed by atoms with Crippen LogP contribution in [0.2, 0.25) is 0 Å². The predicted molar refractivity (Wildman–Crippen MR) is 87.1 cm³/mol. The van der Waals surface area contributed by atoms with Crippen LogP contribution in [0.15, 0.2) is 18.2 Å². The lowest BCUT2D eigenvalue weighted by Crippen LogP contribution is -2.32. The molecule has 0 spiro atoms. The molecule has 0 amide bonds. The van der Waals surface area contributed by atoms with E-state index in [4.69, 9.17) is 0 Å². The molecule has 3 rings (SSSR count). The molecule has 0 bridgehead atoms. The second-order valence-corrected chi connectivity index (χ2v) is 6.03. The zero-order valence-electron chi connectivity index (χ0n) is 15.2. The van der Waals surface area contributed by atoms with Crippen LogP contribution in [-0.4, -0.2) is 12.3 Å². The lowest BCUT2D eigenvalue weighted by atomic mass is 10.0. The summed E-state index contributed by atoms with van der Waals surface area (Å²) < 4.78 is 157. The molecule has 15 heteroatoms. The van der Waals surface area contributed by atoms with Crippen molar-refractivity contribution in [3.8, 4) is 22.6 Å². The van der Waals surface area contributed by atoms with Crippen molar-refractivity contribution in [2.75, 3.05) is 0 Å². The standard InChI is InChI=1S/C18H4BF11O3/c20-6-2-1-4(8(22)10(6)24)5-3-7(21)17(14(28)9(5)23)32-19(31)33-18-15(29)12(26)11(25)13(27)16(18)30/h1-3,31H. The average molecular weight is 488 g/mol. The molecular weight excluding hydrogens is 484 g/mol. The van der Waals surface area contributed by atoms with Gasteiger partial charge in [-0.1, -0.05) is 0 Å². The monoisotopic (exact) mass is 488 g/mol. The Bertz CT molecular complexity index is 1240. The van der Waals surface area contributed by atoms with Gasteiger partial charge in [-0.05, 0) is 18.2 Å². The van der Waals surface area contributed by atoms with Crippen molar-refractivity contribution in [2.24, 2.45) is 0 Å². The highest BCUT2D eigenvalue weighted by Crippen LogP contribution is 2.35. The first-order valence-corrected chi connectivity index (χ1v) is 8.20. The van der Waals surface area contributed by atoms with E-state index in [0.717, 1.165) is 0 Å². The Balaban J connectivity index is 1.97. The van der Waals surface area contributed by atoms with Crippen LogP contribution < -0.4 is 9.31 Å². The molecule has 0 fully saturated rings. The van der Waals surface area contributed by atoms with E-state index < -0.39 is 93.9 Å². The Labute approximate surface area is 175 Å². The van der Waals surface area contributed by atoms with Crippen LogP contribution in [0, 0.1) is 64.0 Å². The van der Waals surface area contributed by atoms with E-state index in [1.807, 2.05) is 0 Å². The van der Waals surface area contributed by atoms with Gasteiger partial charge in [0, 0.05) is 11.1 Å². The molecule has 0 saturated heterocycles. The third kappa shape index (κ3) is 4.15. The molecule has 0 heterocycles. The van der Waals surface area contributed by atoms with E-state index >= 15 is 0 Å². The highest BCUT2D eigenvalue weighted by molar-refractivity contribution is 6.36. The summed E-state index contributed by atoms with van der Waals surface area (Å²) >= 11 is 0. The first-order valence-electron chi connectivity index (χ1n) is 8.20. The van der Waals surface area contributed by atoms with Gasteiger partial charge in [0.15, 0.2) is 40.6 Å². The molecule has 1 N–H and O–H groups in total. The molecule has 174 valence electrons. The second-order valence-electron chi connectivity index (χ2n) is 6.03. The summed E-state index contributed by atoms with van der Waals surface area (Å²) in [7, 11) is -3.16. The Kier molecular flexibility index (Phi) is 6.45. The molecule has 0 aliphatic rings. The van der Waals surface area contributed by atoms with Crippen molar-refractivity contribution in [3.05, 3.63) is 82.2 Å². The van der Waals surface area contributed by atoms with Crippen molar-refractivity contribution in [2.45, 2.75) is 0 Å². The maximum atomic E-state index is 14.3. The molecule has 0 saturated carbocycles. The Morgan fingerprint density at radius 3 is 1.52 bits per heavy atom. The zero-order valence-corrected chi connectivity index (χ0v) is 15.2. The first kappa shape index (κ1) is 24.2. The number of hydrogen-bond donors (Lipinski definition) is 1. The molecule has 0 aromatic heterocycles. The lowest BCUT2D eigenvalue weighted by Gasteiger charge is -2.15. The fraction of sp³-hybridized carbons (Fsp3) is 0. The molecule has 3 aromatic rings. The van der Waals surface area contributed by atoms with Crippen molar-refractivity contribution < 1.29 is 62.6 Å². The van der Waals surface area contributed by atoms with Gasteiger partial charge in [0.25, 0.3) is 0 Å². The van der Waals surface area contributed by atoms with E-state index in [-0.39, 0.29) is 6.07 Å². The van der Waals surface area contributed by atoms with E-state index in [9.17, 15) is 53.3 Å². The van der Waals surface area contributed by atoms with Gasteiger partial charge in [-0.2, -0.15) is 13.2 Å². The normalized spacial score (nSPS) is 11.0. The van der Waals surface area contributed by atoms with Gasteiger partial charge in [0.05, 0.1) is 0 Å². The smallest absolute Gasteiger partial charge is 0.496 e. The summed E-state index contributed by atoms with van der Waals surface area (Å²) in [6, 6.07) is 0.802. The highest BCUT2D eigenvalue weighted by atomic mass is 19.2. The summed E-state index contributed by atoms with van der Waals surface area (Å²) in [6.07, 6.45) is 0. The summed E-state index contributed by atoms with van der Waals surface area (Å²) in [5.74, 6) is -28.8. The van der Waals surface area contributed by atoms with E-state index in [1.54, 1.807) is 0 Å². The van der Waals surface area contributed by atoms with Crippen LogP contribution in [0.4, 0.5) is 48.3 Å². The fourth-order valence-corrected chi connectivity index (χ4v) is 2.53. The molecule has 0 aliphatic heterocycles. The van der Waals surface area contributed by atoms with Gasteiger partial charge in [-0.25, -0.2) is 35.1 Å². The first-order chi connectivity index (χ1) is 15.4. The Morgan fingerprint density at radius 2 is 0.939 bits per heavy atom. The minimum absolute atomic E-state index is 0.0224. The van der Waals surface area contributed by atoms with Gasteiger partial charge in [-0.15, -0.1) is 0 Å². The summed E-state index contributed by atoms with van der Waals surface area (Å²) in [5, 5.41) is 9.47. The topological polar surface area (TPSA) is 38.7 Å². The molecule has 3 nitrogen and oxygen atoms in total. The van der Waals surface area contributed by atoms with E-state index in [0.29, 0.717) is 12.1 Å². The molecular formula is C18H4BF11O3. The van der Waals surface area contributed by atoms with E-state index in [2.05, 4.69) is 9.31 Å². The van der Waals surface area contributed by atoms with Gasteiger partial charge >= 0.3 is 7.32 Å². The van der Waals surface area contributed by atoms with E-state index in [1.165, 1.54) is 0 Å². The van der Waals surface area contributed by atoms with Gasteiger partial charge < -0.3 is 14.3 Å². The lowest BCUT2D eigenvalue weighted by molar-refractivity contribution is 0.259. The molecule has 33 heavy (non-hydrogen) atoms. The Hall–Kier alpha value is -3.49. The SMILES string of the molecule is OB(Oc1c(F)cc(-c2ccc(F)c(F)c2F)c(F)c1F)Oc1c(F)c(F)c(F)c(F)c1F. The summed E-state index contributed by atoms with van der Waals surface area (Å²) in [5.41, 5.74) is -2.38. The maximum absolute atomic E-state index is 14.3. The molecule has 0 atom stereocenters. The van der Waals surface area contributed by atoms with Gasteiger partial charge in [0.2, 0.25) is 34.9 Å². The minimum Gasteiger partial charge on any atom is -0.496 e. The molecule has 0 aliphatic carbocycles. The van der Waals surface area contributed by atoms with Crippen LogP contribution in [0.3, 0.4) is 0 Å². The minimum atomic E-state index is -3.16.